The van der Waals surface area contributed by atoms with Crippen molar-refractivity contribution in [3.05, 3.63) is 0 Å². The van der Waals surface area contributed by atoms with Crippen molar-refractivity contribution < 1.29 is 4.79 Å². The van der Waals surface area contributed by atoms with Gasteiger partial charge in [-0.3, -0.25) is 4.79 Å². The zero-order valence-corrected chi connectivity index (χ0v) is 12.7. The van der Waals surface area contributed by atoms with Gasteiger partial charge in [-0.25, -0.2) is 0 Å². The summed E-state index contributed by atoms with van der Waals surface area (Å²) in [5.41, 5.74) is -0.0535. The first-order chi connectivity index (χ1) is 9.15. The van der Waals surface area contributed by atoms with E-state index in [1.54, 1.807) is 0 Å². The van der Waals surface area contributed by atoms with Gasteiger partial charge < -0.3 is 10.2 Å². The molecule has 1 N–H and O–H groups in total. The summed E-state index contributed by atoms with van der Waals surface area (Å²) in [5, 5.41) is 3.41. The summed E-state index contributed by atoms with van der Waals surface area (Å²) in [7, 11) is 0. The van der Waals surface area contributed by atoms with Crippen molar-refractivity contribution >= 4 is 5.91 Å². The van der Waals surface area contributed by atoms with Crippen LogP contribution in [0.2, 0.25) is 0 Å². The normalized spacial score (nSPS) is 23.5. The first-order valence-electron chi connectivity index (χ1n) is 8.16. The van der Waals surface area contributed by atoms with E-state index in [2.05, 4.69) is 24.1 Å². The molecule has 0 aromatic carbocycles. The number of carbonyl (C=O) groups is 1. The molecule has 0 unspecified atom stereocenters. The number of amides is 1. The minimum Gasteiger partial charge on any atom is -0.342 e. The Hall–Kier alpha value is -0.570. The Kier molecular flexibility index (Phi) is 5.26. The molecule has 0 aromatic rings. The summed E-state index contributed by atoms with van der Waals surface area (Å²) in [4.78, 5) is 15.0. The van der Waals surface area contributed by atoms with E-state index in [0.717, 1.165) is 45.4 Å². The van der Waals surface area contributed by atoms with Crippen LogP contribution in [0.5, 0.6) is 0 Å². The average Bonchev–Trinajstić information content (AvgIpc) is 2.87. The van der Waals surface area contributed by atoms with Gasteiger partial charge >= 0.3 is 0 Å². The van der Waals surface area contributed by atoms with Gasteiger partial charge in [0.2, 0.25) is 5.91 Å². The van der Waals surface area contributed by atoms with E-state index in [1.165, 1.54) is 25.7 Å². The van der Waals surface area contributed by atoms with Gasteiger partial charge in [-0.05, 0) is 51.1 Å². The van der Waals surface area contributed by atoms with Crippen LogP contribution >= 0.6 is 0 Å². The van der Waals surface area contributed by atoms with Gasteiger partial charge in [-0.1, -0.05) is 26.7 Å². The van der Waals surface area contributed by atoms with Gasteiger partial charge in [0.25, 0.3) is 0 Å². The number of piperidine rings is 1. The molecule has 0 bridgehead atoms. The van der Waals surface area contributed by atoms with Crippen LogP contribution < -0.4 is 5.32 Å². The lowest BCUT2D eigenvalue weighted by atomic mass is 9.86. The van der Waals surface area contributed by atoms with Crippen LogP contribution in [-0.2, 0) is 4.79 Å². The van der Waals surface area contributed by atoms with Gasteiger partial charge in [-0.2, -0.15) is 0 Å². The van der Waals surface area contributed by atoms with Crippen LogP contribution in [0.3, 0.4) is 0 Å². The molecular weight excluding hydrogens is 236 g/mol. The largest absolute Gasteiger partial charge is 0.342 e. The molecule has 1 aliphatic heterocycles. The second-order valence-electron chi connectivity index (χ2n) is 6.71. The van der Waals surface area contributed by atoms with Crippen LogP contribution in [0.25, 0.3) is 0 Å². The molecule has 1 saturated carbocycles. The Morgan fingerprint density at radius 3 is 2.47 bits per heavy atom. The third-order valence-electron chi connectivity index (χ3n) is 4.94. The second kappa shape index (κ2) is 6.74. The summed E-state index contributed by atoms with van der Waals surface area (Å²) in [5.74, 6) is 1.15. The molecule has 1 saturated heterocycles. The molecule has 1 heterocycles. The highest BCUT2D eigenvalue weighted by atomic mass is 16.2. The molecule has 3 heteroatoms. The highest BCUT2D eigenvalue weighted by molar-refractivity contribution is 5.82. The molecular formula is C16H30N2O. The van der Waals surface area contributed by atoms with E-state index >= 15 is 0 Å². The maximum Gasteiger partial charge on any atom is 0.228 e. The molecule has 2 aliphatic rings. The van der Waals surface area contributed by atoms with E-state index in [1.807, 2.05) is 0 Å². The van der Waals surface area contributed by atoms with Crippen LogP contribution in [0.15, 0.2) is 0 Å². The van der Waals surface area contributed by atoms with Crippen LogP contribution in [0.1, 0.15) is 58.8 Å². The summed E-state index contributed by atoms with van der Waals surface area (Å²) in [6, 6.07) is 0. The van der Waals surface area contributed by atoms with E-state index < -0.39 is 0 Å². The Balaban J connectivity index is 1.95. The van der Waals surface area contributed by atoms with Crippen molar-refractivity contribution in [2.75, 3.05) is 26.2 Å². The third kappa shape index (κ3) is 3.71. The first-order valence-corrected chi connectivity index (χ1v) is 8.16. The van der Waals surface area contributed by atoms with Crippen LogP contribution in [0.4, 0.5) is 0 Å². The van der Waals surface area contributed by atoms with Gasteiger partial charge in [0, 0.05) is 18.5 Å². The Labute approximate surface area is 118 Å². The second-order valence-corrected chi connectivity index (χ2v) is 6.71. The molecule has 3 nitrogen and oxygen atoms in total. The fourth-order valence-corrected chi connectivity index (χ4v) is 3.67. The third-order valence-corrected chi connectivity index (χ3v) is 4.94. The molecule has 110 valence electrons. The predicted octanol–water partition coefficient (Wildman–Crippen LogP) is 2.80. The molecule has 0 aromatic heterocycles. The van der Waals surface area contributed by atoms with Gasteiger partial charge in [0.1, 0.15) is 0 Å². The minimum absolute atomic E-state index is 0.0535. The summed E-state index contributed by atoms with van der Waals surface area (Å²) >= 11 is 0. The predicted molar refractivity (Wildman–Crippen MR) is 79.0 cm³/mol. The van der Waals surface area contributed by atoms with Crippen LogP contribution in [-0.4, -0.2) is 37.0 Å². The summed E-state index contributed by atoms with van der Waals surface area (Å²) in [6.45, 7) is 8.54. The lowest BCUT2D eigenvalue weighted by Crippen LogP contribution is -2.45. The zero-order chi connectivity index (χ0) is 13.7. The fourth-order valence-electron chi connectivity index (χ4n) is 3.67. The smallest absolute Gasteiger partial charge is 0.228 e. The van der Waals surface area contributed by atoms with E-state index in [9.17, 15) is 4.79 Å². The fraction of sp³-hybridized carbons (Fsp3) is 0.938. The van der Waals surface area contributed by atoms with Crippen molar-refractivity contribution in [3.8, 4) is 0 Å². The monoisotopic (exact) mass is 266 g/mol. The Morgan fingerprint density at radius 1 is 1.26 bits per heavy atom. The molecule has 1 amide bonds. The molecule has 1 aliphatic carbocycles. The van der Waals surface area contributed by atoms with E-state index in [-0.39, 0.29) is 5.41 Å². The molecule has 2 fully saturated rings. The zero-order valence-electron chi connectivity index (χ0n) is 12.7. The van der Waals surface area contributed by atoms with Gasteiger partial charge in [0.05, 0.1) is 0 Å². The molecule has 2 rings (SSSR count). The van der Waals surface area contributed by atoms with Crippen molar-refractivity contribution in [1.29, 1.82) is 0 Å². The van der Waals surface area contributed by atoms with Gasteiger partial charge in [-0.15, -0.1) is 0 Å². The number of hydrogen-bond donors (Lipinski definition) is 1. The Bertz CT molecular complexity index is 291. The maximum absolute atomic E-state index is 12.8. The van der Waals surface area contributed by atoms with Gasteiger partial charge in [0.15, 0.2) is 0 Å². The summed E-state index contributed by atoms with van der Waals surface area (Å²) < 4.78 is 0. The minimum atomic E-state index is -0.0535. The van der Waals surface area contributed by atoms with Crippen molar-refractivity contribution in [2.45, 2.75) is 58.8 Å². The highest BCUT2D eigenvalue weighted by Crippen LogP contribution is 2.39. The molecule has 0 atom stereocenters. The van der Waals surface area contributed by atoms with E-state index in [0.29, 0.717) is 11.8 Å². The lowest BCUT2D eigenvalue weighted by molar-refractivity contribution is -0.141. The topological polar surface area (TPSA) is 32.3 Å². The number of rotatable bonds is 5. The van der Waals surface area contributed by atoms with Crippen molar-refractivity contribution in [3.63, 3.8) is 0 Å². The summed E-state index contributed by atoms with van der Waals surface area (Å²) in [6.07, 6.45) is 8.18. The standard InChI is InChI=1S/C16H30N2O/c1-3-12-18(13-14-6-10-17-11-7-14)15(19)16(2)8-4-5-9-16/h14,17H,3-13H2,1-2H3. The van der Waals surface area contributed by atoms with E-state index in [4.69, 9.17) is 0 Å². The maximum atomic E-state index is 12.8. The Morgan fingerprint density at radius 2 is 1.89 bits per heavy atom. The van der Waals surface area contributed by atoms with Crippen molar-refractivity contribution in [1.82, 2.24) is 10.2 Å². The molecule has 0 spiro atoms. The SMILES string of the molecule is CCCN(CC1CCNCC1)C(=O)C1(C)CCCC1. The van der Waals surface area contributed by atoms with Crippen molar-refractivity contribution in [2.24, 2.45) is 11.3 Å². The van der Waals surface area contributed by atoms with Crippen LogP contribution in [0, 0.1) is 11.3 Å². The molecule has 19 heavy (non-hydrogen) atoms. The number of hydrogen-bond acceptors (Lipinski definition) is 2. The lowest BCUT2D eigenvalue weighted by Gasteiger charge is -2.35. The average molecular weight is 266 g/mol. The number of carbonyl (C=O) groups excluding carboxylic acids is 1. The number of nitrogens with one attached hydrogen (secondary N) is 1. The number of nitrogens with zero attached hydrogens (tertiary/aromatic N) is 1. The highest BCUT2D eigenvalue weighted by Gasteiger charge is 2.39. The first kappa shape index (κ1) is 14.8. The quantitative estimate of drug-likeness (QED) is 0.830. The molecule has 0 radical (unpaired) electrons.